The number of ether oxygens (including phenoxy) is 1. The molecule has 29 heavy (non-hydrogen) atoms. The van der Waals surface area contributed by atoms with E-state index in [-0.39, 0.29) is 24.3 Å². The first-order chi connectivity index (χ1) is 14.1. The van der Waals surface area contributed by atoms with Crippen LogP contribution in [-0.2, 0) is 9.53 Å². The highest BCUT2D eigenvalue weighted by atomic mass is 16.5. The van der Waals surface area contributed by atoms with Gasteiger partial charge >= 0.3 is 0 Å². The van der Waals surface area contributed by atoms with Gasteiger partial charge in [0, 0.05) is 42.6 Å². The van der Waals surface area contributed by atoms with Gasteiger partial charge in [-0.25, -0.2) is 0 Å². The van der Waals surface area contributed by atoms with E-state index in [9.17, 15) is 14.4 Å². The molecule has 0 radical (unpaired) electrons. The van der Waals surface area contributed by atoms with Crippen molar-refractivity contribution in [2.45, 2.75) is 0 Å². The molecular formula is C21H24N4O4. The minimum atomic E-state index is -0.243. The van der Waals surface area contributed by atoms with Crippen molar-refractivity contribution in [2.24, 2.45) is 0 Å². The molecule has 2 aromatic rings. The summed E-state index contributed by atoms with van der Waals surface area (Å²) in [7, 11) is 1.55. The lowest BCUT2D eigenvalue weighted by Crippen LogP contribution is -2.40. The van der Waals surface area contributed by atoms with Crippen molar-refractivity contribution in [1.82, 2.24) is 10.2 Å². The van der Waals surface area contributed by atoms with Crippen LogP contribution < -0.4 is 16.0 Å². The number of anilines is 2. The Morgan fingerprint density at radius 2 is 1.69 bits per heavy atom. The highest BCUT2D eigenvalue weighted by Gasteiger charge is 2.18. The number of benzene rings is 2. The van der Waals surface area contributed by atoms with Crippen LogP contribution in [0.2, 0.25) is 0 Å². The van der Waals surface area contributed by atoms with Crippen molar-refractivity contribution in [3.63, 3.8) is 0 Å². The largest absolute Gasteiger partial charge is 0.378 e. The number of nitrogens with zero attached hydrogens (tertiary/aromatic N) is 1. The molecule has 3 amide bonds. The summed E-state index contributed by atoms with van der Waals surface area (Å²) in [5.41, 5.74) is 2.36. The molecule has 1 saturated heterocycles. The van der Waals surface area contributed by atoms with Gasteiger partial charge in [0.1, 0.15) is 0 Å². The predicted octanol–water partition coefficient (Wildman–Crippen LogP) is 1.57. The Labute approximate surface area is 169 Å². The summed E-state index contributed by atoms with van der Waals surface area (Å²) < 4.78 is 5.26. The maximum Gasteiger partial charge on any atom is 0.254 e. The zero-order valence-corrected chi connectivity index (χ0v) is 16.2. The van der Waals surface area contributed by atoms with Gasteiger partial charge in [-0.2, -0.15) is 0 Å². The van der Waals surface area contributed by atoms with Crippen molar-refractivity contribution in [2.75, 3.05) is 50.5 Å². The van der Waals surface area contributed by atoms with Crippen LogP contribution >= 0.6 is 0 Å². The van der Waals surface area contributed by atoms with Crippen molar-refractivity contribution < 1.29 is 19.1 Å². The lowest BCUT2D eigenvalue weighted by Gasteiger charge is -2.26. The molecule has 2 aromatic carbocycles. The molecule has 3 rings (SSSR count). The SMILES string of the molecule is CNC(=O)c1cccc(NC(=O)CNc2ccc(C(=O)N3CCOCC3)cc2)c1. The summed E-state index contributed by atoms with van der Waals surface area (Å²) in [5, 5.41) is 8.32. The van der Waals surface area contributed by atoms with E-state index in [0.717, 1.165) is 5.69 Å². The van der Waals surface area contributed by atoms with Crippen LogP contribution in [0.15, 0.2) is 48.5 Å². The minimum absolute atomic E-state index is 0.0198. The lowest BCUT2D eigenvalue weighted by atomic mass is 10.1. The van der Waals surface area contributed by atoms with E-state index in [4.69, 9.17) is 4.74 Å². The first-order valence-corrected chi connectivity index (χ1v) is 9.40. The van der Waals surface area contributed by atoms with Gasteiger partial charge in [0.2, 0.25) is 5.91 Å². The van der Waals surface area contributed by atoms with Crippen LogP contribution in [0.3, 0.4) is 0 Å². The molecule has 1 aliphatic rings. The highest BCUT2D eigenvalue weighted by Crippen LogP contribution is 2.13. The molecule has 8 nitrogen and oxygen atoms in total. The zero-order valence-electron chi connectivity index (χ0n) is 16.2. The van der Waals surface area contributed by atoms with Crippen LogP contribution in [0.4, 0.5) is 11.4 Å². The molecule has 0 saturated carbocycles. The number of carbonyl (C=O) groups excluding carboxylic acids is 3. The Balaban J connectivity index is 1.51. The standard InChI is InChI=1S/C21H24N4O4/c1-22-20(27)16-3-2-4-18(13-16)24-19(26)14-23-17-7-5-15(6-8-17)21(28)25-9-11-29-12-10-25/h2-8,13,23H,9-12,14H2,1H3,(H,22,27)(H,24,26). The molecule has 0 aromatic heterocycles. The summed E-state index contributed by atoms with van der Waals surface area (Å²) >= 11 is 0. The van der Waals surface area contributed by atoms with Gasteiger partial charge in [-0.05, 0) is 42.5 Å². The van der Waals surface area contributed by atoms with Crippen LogP contribution in [0.25, 0.3) is 0 Å². The van der Waals surface area contributed by atoms with Gasteiger partial charge in [0.15, 0.2) is 0 Å². The zero-order chi connectivity index (χ0) is 20.6. The molecule has 0 spiro atoms. The Kier molecular flexibility index (Phi) is 6.80. The highest BCUT2D eigenvalue weighted by molar-refractivity contribution is 5.98. The third-order valence-electron chi connectivity index (χ3n) is 4.52. The Morgan fingerprint density at radius 1 is 0.966 bits per heavy atom. The molecular weight excluding hydrogens is 372 g/mol. The fraction of sp³-hybridized carbons (Fsp3) is 0.286. The molecule has 0 aliphatic carbocycles. The molecule has 0 atom stereocenters. The van der Waals surface area contributed by atoms with E-state index in [1.54, 1.807) is 60.5 Å². The van der Waals surface area contributed by atoms with Crippen molar-refractivity contribution >= 4 is 29.1 Å². The number of hydrogen-bond donors (Lipinski definition) is 3. The number of rotatable bonds is 6. The average Bonchev–Trinajstić information content (AvgIpc) is 2.77. The molecule has 152 valence electrons. The first kappa shape index (κ1) is 20.3. The normalized spacial score (nSPS) is 13.5. The second-order valence-corrected chi connectivity index (χ2v) is 6.54. The molecule has 3 N–H and O–H groups in total. The van der Waals surface area contributed by atoms with Gasteiger partial charge in [0.05, 0.1) is 19.8 Å². The van der Waals surface area contributed by atoms with Crippen LogP contribution in [-0.4, -0.2) is 62.5 Å². The number of hydrogen-bond acceptors (Lipinski definition) is 5. The second-order valence-electron chi connectivity index (χ2n) is 6.54. The Bertz CT molecular complexity index is 877. The van der Waals surface area contributed by atoms with Crippen LogP contribution in [0.5, 0.6) is 0 Å². The van der Waals surface area contributed by atoms with E-state index in [2.05, 4.69) is 16.0 Å². The minimum Gasteiger partial charge on any atom is -0.378 e. The smallest absolute Gasteiger partial charge is 0.254 e. The maximum absolute atomic E-state index is 12.4. The van der Waals surface area contributed by atoms with Gasteiger partial charge in [0.25, 0.3) is 11.8 Å². The van der Waals surface area contributed by atoms with E-state index >= 15 is 0 Å². The molecule has 0 unspecified atom stereocenters. The molecule has 1 fully saturated rings. The maximum atomic E-state index is 12.4. The number of amides is 3. The Morgan fingerprint density at radius 3 is 2.38 bits per heavy atom. The first-order valence-electron chi connectivity index (χ1n) is 9.40. The predicted molar refractivity (Wildman–Crippen MR) is 110 cm³/mol. The van der Waals surface area contributed by atoms with Gasteiger partial charge in [-0.15, -0.1) is 0 Å². The van der Waals surface area contributed by atoms with Crippen LogP contribution in [0, 0.1) is 0 Å². The molecule has 1 aliphatic heterocycles. The molecule has 1 heterocycles. The van der Waals surface area contributed by atoms with E-state index < -0.39 is 0 Å². The summed E-state index contributed by atoms with van der Waals surface area (Å²) in [5.74, 6) is -0.480. The number of nitrogens with one attached hydrogen (secondary N) is 3. The molecule has 8 heteroatoms. The summed E-state index contributed by atoms with van der Waals surface area (Å²) in [6, 6.07) is 13.7. The van der Waals surface area contributed by atoms with E-state index in [0.29, 0.717) is 43.1 Å². The van der Waals surface area contributed by atoms with Gasteiger partial charge in [-0.3, -0.25) is 14.4 Å². The quantitative estimate of drug-likeness (QED) is 0.688. The van der Waals surface area contributed by atoms with E-state index in [1.807, 2.05) is 0 Å². The fourth-order valence-electron chi connectivity index (χ4n) is 2.95. The summed E-state index contributed by atoms with van der Waals surface area (Å²) in [6.45, 7) is 2.38. The van der Waals surface area contributed by atoms with E-state index in [1.165, 1.54) is 0 Å². The van der Waals surface area contributed by atoms with Gasteiger partial charge < -0.3 is 25.6 Å². The third kappa shape index (κ3) is 5.55. The summed E-state index contributed by atoms with van der Waals surface area (Å²) in [6.07, 6.45) is 0. The molecule has 0 bridgehead atoms. The fourth-order valence-corrected chi connectivity index (χ4v) is 2.95. The topological polar surface area (TPSA) is 99.8 Å². The third-order valence-corrected chi connectivity index (χ3v) is 4.52. The lowest BCUT2D eigenvalue weighted by molar-refractivity contribution is -0.114. The Hall–Kier alpha value is -3.39. The number of carbonyl (C=O) groups is 3. The monoisotopic (exact) mass is 396 g/mol. The number of morpholine rings is 1. The summed E-state index contributed by atoms with van der Waals surface area (Å²) in [4.78, 5) is 38.0. The van der Waals surface area contributed by atoms with Crippen molar-refractivity contribution in [3.8, 4) is 0 Å². The average molecular weight is 396 g/mol. The van der Waals surface area contributed by atoms with Crippen LogP contribution in [0.1, 0.15) is 20.7 Å². The van der Waals surface area contributed by atoms with Gasteiger partial charge in [-0.1, -0.05) is 6.07 Å². The van der Waals surface area contributed by atoms with Crippen molar-refractivity contribution in [3.05, 3.63) is 59.7 Å². The van der Waals surface area contributed by atoms with Crippen molar-refractivity contribution in [1.29, 1.82) is 0 Å². The second kappa shape index (κ2) is 9.70.